The van der Waals surface area contributed by atoms with Crippen LogP contribution in [0.5, 0.6) is 5.75 Å². The van der Waals surface area contributed by atoms with Gasteiger partial charge in [0.05, 0.1) is 18.7 Å². The van der Waals surface area contributed by atoms with Crippen molar-refractivity contribution in [3.63, 3.8) is 0 Å². The Labute approximate surface area is 103 Å². The van der Waals surface area contributed by atoms with Crippen LogP contribution in [0.4, 0.5) is 0 Å². The Morgan fingerprint density at radius 1 is 1.47 bits per heavy atom. The third-order valence-electron chi connectivity index (χ3n) is 2.47. The van der Waals surface area contributed by atoms with Crippen LogP contribution in [0.25, 0.3) is 0 Å². The van der Waals surface area contributed by atoms with Gasteiger partial charge >= 0.3 is 5.69 Å². The summed E-state index contributed by atoms with van der Waals surface area (Å²) in [6, 6.07) is 5.44. The normalized spacial score (nSPS) is 10.5. The molecule has 0 aliphatic carbocycles. The summed E-state index contributed by atoms with van der Waals surface area (Å²) in [5.41, 5.74) is 0.621. The fraction of sp³-hybridized carbons (Fsp3) is 0.273. The first-order valence-electron chi connectivity index (χ1n) is 5.03. The first-order chi connectivity index (χ1) is 8.13. The second kappa shape index (κ2) is 4.63. The van der Waals surface area contributed by atoms with Gasteiger partial charge in [0.1, 0.15) is 12.1 Å². The SMILES string of the molecule is COc1cccc(Cn2ncn(C)c2=O)c1Cl. The Bertz CT molecular complexity index is 589. The number of benzene rings is 1. The molecule has 0 saturated heterocycles. The molecule has 5 nitrogen and oxygen atoms in total. The highest BCUT2D eigenvalue weighted by Gasteiger charge is 2.09. The van der Waals surface area contributed by atoms with Crippen molar-refractivity contribution in [3.8, 4) is 5.75 Å². The van der Waals surface area contributed by atoms with E-state index in [9.17, 15) is 4.79 Å². The second-order valence-corrected chi connectivity index (χ2v) is 3.99. The van der Waals surface area contributed by atoms with Gasteiger partial charge in [-0.1, -0.05) is 23.7 Å². The Hall–Kier alpha value is -1.75. The second-order valence-electron chi connectivity index (χ2n) is 3.62. The molecule has 0 N–H and O–H groups in total. The van der Waals surface area contributed by atoms with E-state index in [2.05, 4.69) is 5.10 Å². The van der Waals surface area contributed by atoms with Gasteiger partial charge in [-0.2, -0.15) is 5.10 Å². The molecule has 0 aliphatic rings. The lowest BCUT2D eigenvalue weighted by Crippen LogP contribution is -2.23. The van der Waals surface area contributed by atoms with Crippen LogP contribution in [0, 0.1) is 0 Å². The summed E-state index contributed by atoms with van der Waals surface area (Å²) in [5, 5.41) is 4.48. The Kier molecular flexibility index (Phi) is 3.19. The van der Waals surface area contributed by atoms with Gasteiger partial charge in [0.2, 0.25) is 0 Å². The van der Waals surface area contributed by atoms with E-state index in [0.717, 1.165) is 5.56 Å². The molecule has 2 rings (SSSR count). The topological polar surface area (TPSA) is 49.0 Å². The number of rotatable bonds is 3. The average molecular weight is 254 g/mol. The fourth-order valence-electron chi connectivity index (χ4n) is 1.53. The zero-order valence-electron chi connectivity index (χ0n) is 9.55. The number of methoxy groups -OCH3 is 1. The molecule has 1 aromatic heterocycles. The molecule has 0 saturated carbocycles. The predicted octanol–water partition coefficient (Wildman–Crippen LogP) is 1.29. The molecule has 0 radical (unpaired) electrons. The Morgan fingerprint density at radius 2 is 2.24 bits per heavy atom. The number of aryl methyl sites for hydroxylation is 1. The molecular formula is C11H12ClN3O2. The van der Waals surface area contributed by atoms with Crippen molar-refractivity contribution < 1.29 is 4.74 Å². The maximum absolute atomic E-state index is 11.6. The number of hydrogen-bond donors (Lipinski definition) is 0. The quantitative estimate of drug-likeness (QED) is 0.828. The van der Waals surface area contributed by atoms with Gasteiger partial charge in [0.25, 0.3) is 0 Å². The summed E-state index contributed by atoms with van der Waals surface area (Å²) in [7, 11) is 3.21. The zero-order chi connectivity index (χ0) is 12.4. The van der Waals surface area contributed by atoms with Gasteiger partial charge in [0.15, 0.2) is 0 Å². The molecule has 0 aliphatic heterocycles. The van der Waals surface area contributed by atoms with E-state index in [1.807, 2.05) is 12.1 Å². The zero-order valence-corrected chi connectivity index (χ0v) is 10.3. The maximum Gasteiger partial charge on any atom is 0.345 e. The number of aromatic nitrogens is 3. The molecule has 6 heteroatoms. The minimum absolute atomic E-state index is 0.177. The molecule has 2 aromatic rings. The molecule has 0 unspecified atom stereocenters. The van der Waals surface area contributed by atoms with Crippen LogP contribution >= 0.6 is 11.6 Å². The number of hydrogen-bond acceptors (Lipinski definition) is 3. The first-order valence-corrected chi connectivity index (χ1v) is 5.41. The largest absolute Gasteiger partial charge is 0.495 e. The standard InChI is InChI=1S/C11H12ClN3O2/c1-14-7-13-15(11(14)16)6-8-4-3-5-9(17-2)10(8)12/h3-5,7H,6H2,1-2H3. The van der Waals surface area contributed by atoms with E-state index in [-0.39, 0.29) is 5.69 Å². The van der Waals surface area contributed by atoms with Crippen molar-refractivity contribution in [2.75, 3.05) is 7.11 Å². The van der Waals surface area contributed by atoms with Crippen molar-refractivity contribution >= 4 is 11.6 Å². The molecule has 0 spiro atoms. The van der Waals surface area contributed by atoms with Crippen LogP contribution in [-0.2, 0) is 13.6 Å². The van der Waals surface area contributed by atoms with Gasteiger partial charge in [-0.25, -0.2) is 9.48 Å². The Morgan fingerprint density at radius 3 is 2.82 bits per heavy atom. The molecule has 17 heavy (non-hydrogen) atoms. The number of ether oxygens (including phenoxy) is 1. The minimum atomic E-state index is -0.177. The first kappa shape index (κ1) is 11.7. The summed E-state index contributed by atoms with van der Waals surface area (Å²) in [4.78, 5) is 11.6. The molecule has 0 atom stereocenters. The van der Waals surface area contributed by atoms with E-state index >= 15 is 0 Å². The lowest BCUT2D eigenvalue weighted by Gasteiger charge is -2.07. The van der Waals surface area contributed by atoms with Crippen molar-refractivity contribution in [1.82, 2.24) is 14.3 Å². The smallest absolute Gasteiger partial charge is 0.345 e. The highest BCUT2D eigenvalue weighted by molar-refractivity contribution is 6.32. The van der Waals surface area contributed by atoms with Crippen LogP contribution in [0.3, 0.4) is 0 Å². The van der Waals surface area contributed by atoms with E-state index < -0.39 is 0 Å². The minimum Gasteiger partial charge on any atom is -0.495 e. The summed E-state index contributed by atoms with van der Waals surface area (Å²) in [6.07, 6.45) is 1.47. The van der Waals surface area contributed by atoms with Gasteiger partial charge in [-0.05, 0) is 11.6 Å². The number of nitrogens with zero attached hydrogens (tertiary/aromatic N) is 3. The van der Waals surface area contributed by atoms with Crippen LogP contribution < -0.4 is 10.4 Å². The summed E-state index contributed by atoms with van der Waals surface area (Å²) in [5.74, 6) is 0.591. The average Bonchev–Trinajstić information content (AvgIpc) is 2.64. The molecule has 0 amide bonds. The molecule has 1 heterocycles. The molecule has 90 valence electrons. The van der Waals surface area contributed by atoms with E-state index in [0.29, 0.717) is 17.3 Å². The summed E-state index contributed by atoms with van der Waals surface area (Å²) >= 11 is 6.14. The van der Waals surface area contributed by atoms with Crippen LogP contribution in [0.1, 0.15) is 5.56 Å². The monoisotopic (exact) mass is 253 g/mol. The van der Waals surface area contributed by atoms with Gasteiger partial charge < -0.3 is 4.74 Å². The lowest BCUT2D eigenvalue weighted by atomic mass is 10.2. The summed E-state index contributed by atoms with van der Waals surface area (Å²) < 4.78 is 7.87. The van der Waals surface area contributed by atoms with Crippen LogP contribution in [-0.4, -0.2) is 21.5 Å². The van der Waals surface area contributed by atoms with Gasteiger partial charge in [-0.15, -0.1) is 0 Å². The molecule has 0 fully saturated rings. The maximum atomic E-state index is 11.6. The molecule has 0 bridgehead atoms. The van der Waals surface area contributed by atoms with Gasteiger partial charge in [-0.3, -0.25) is 4.57 Å². The van der Waals surface area contributed by atoms with Crippen LogP contribution in [0.15, 0.2) is 29.3 Å². The lowest BCUT2D eigenvalue weighted by molar-refractivity contribution is 0.414. The van der Waals surface area contributed by atoms with E-state index in [1.165, 1.54) is 15.6 Å². The highest BCUT2D eigenvalue weighted by atomic mass is 35.5. The van der Waals surface area contributed by atoms with E-state index in [1.54, 1.807) is 20.2 Å². The van der Waals surface area contributed by atoms with Crippen molar-refractivity contribution in [2.24, 2.45) is 7.05 Å². The molecule has 1 aromatic carbocycles. The fourth-order valence-corrected chi connectivity index (χ4v) is 1.79. The Balaban J connectivity index is 2.37. The third-order valence-corrected chi connectivity index (χ3v) is 2.90. The summed E-state index contributed by atoms with van der Waals surface area (Å²) in [6.45, 7) is 0.329. The van der Waals surface area contributed by atoms with Crippen molar-refractivity contribution in [1.29, 1.82) is 0 Å². The molecular weight excluding hydrogens is 242 g/mol. The predicted molar refractivity (Wildman–Crippen MR) is 64.6 cm³/mol. The van der Waals surface area contributed by atoms with Crippen molar-refractivity contribution in [3.05, 3.63) is 45.6 Å². The number of halogens is 1. The third kappa shape index (κ3) is 2.19. The highest BCUT2D eigenvalue weighted by Crippen LogP contribution is 2.27. The van der Waals surface area contributed by atoms with Crippen LogP contribution in [0.2, 0.25) is 5.02 Å². The van der Waals surface area contributed by atoms with Crippen molar-refractivity contribution in [2.45, 2.75) is 6.54 Å². The van der Waals surface area contributed by atoms with Gasteiger partial charge in [0, 0.05) is 7.05 Å². The van der Waals surface area contributed by atoms with E-state index in [4.69, 9.17) is 16.3 Å².